The molecule has 0 spiro atoms. The fourth-order valence-electron chi connectivity index (χ4n) is 1.71. The first-order valence-electron chi connectivity index (χ1n) is 4.85. The lowest BCUT2D eigenvalue weighted by Gasteiger charge is -2.10. The fourth-order valence-corrected chi connectivity index (χ4v) is 1.71. The van der Waals surface area contributed by atoms with Gasteiger partial charge in [0.2, 0.25) is 0 Å². The first-order chi connectivity index (χ1) is 7.18. The van der Waals surface area contributed by atoms with Gasteiger partial charge in [0.15, 0.2) is 5.78 Å². The van der Waals surface area contributed by atoms with E-state index >= 15 is 0 Å². The molecule has 15 heavy (non-hydrogen) atoms. The Labute approximate surface area is 87.0 Å². The minimum Gasteiger partial charge on any atom is -0.384 e. The summed E-state index contributed by atoms with van der Waals surface area (Å²) < 4.78 is 12.6. The Morgan fingerprint density at radius 1 is 1.27 bits per heavy atom. The number of benzene rings is 1. The molecule has 1 aromatic carbocycles. The van der Waals surface area contributed by atoms with Crippen molar-refractivity contribution in [1.82, 2.24) is 0 Å². The Morgan fingerprint density at radius 2 is 1.93 bits per heavy atom. The molecule has 0 unspecified atom stereocenters. The minimum atomic E-state index is -0.916. The Hall–Kier alpha value is -1.48. The third-order valence-electron chi connectivity index (χ3n) is 2.54. The number of aliphatic hydroxyl groups is 1. The molecule has 3 heteroatoms. The van der Waals surface area contributed by atoms with E-state index in [4.69, 9.17) is 0 Å². The lowest BCUT2D eigenvalue weighted by atomic mass is 10.0. The maximum Gasteiger partial charge on any atom is 0.161 e. The monoisotopic (exact) mass is 206 g/mol. The number of ketones is 1. The van der Waals surface area contributed by atoms with Crippen molar-refractivity contribution in [3.05, 3.63) is 47.3 Å². The first kappa shape index (κ1) is 10.1. The van der Waals surface area contributed by atoms with Crippen LogP contribution in [0.25, 0.3) is 0 Å². The number of aliphatic hydroxyl groups excluding tert-OH is 1. The Kier molecular flexibility index (Phi) is 2.64. The van der Waals surface area contributed by atoms with Crippen LogP contribution in [0.4, 0.5) is 4.39 Å². The third-order valence-corrected chi connectivity index (χ3v) is 2.54. The summed E-state index contributed by atoms with van der Waals surface area (Å²) in [6.45, 7) is 0. The quantitative estimate of drug-likeness (QED) is 0.805. The number of carbonyl (C=O) groups is 1. The van der Waals surface area contributed by atoms with Crippen LogP contribution in [0.5, 0.6) is 0 Å². The summed E-state index contributed by atoms with van der Waals surface area (Å²) in [5.41, 5.74) is 0.986. The van der Waals surface area contributed by atoms with Crippen LogP contribution in [0.15, 0.2) is 35.9 Å². The number of hydrogen-bond acceptors (Lipinski definition) is 2. The Bertz CT molecular complexity index is 406. The van der Waals surface area contributed by atoms with E-state index < -0.39 is 6.10 Å². The molecule has 0 aromatic heterocycles. The van der Waals surface area contributed by atoms with Gasteiger partial charge in [0.1, 0.15) is 11.9 Å². The highest BCUT2D eigenvalue weighted by molar-refractivity contribution is 5.98. The summed E-state index contributed by atoms with van der Waals surface area (Å²) in [5.74, 6) is -0.371. The van der Waals surface area contributed by atoms with Crippen LogP contribution in [0.3, 0.4) is 0 Å². The number of carbonyl (C=O) groups excluding carboxylic acids is 1. The molecule has 1 aromatic rings. The van der Waals surface area contributed by atoms with Gasteiger partial charge in [-0.3, -0.25) is 4.79 Å². The molecule has 2 rings (SSSR count). The van der Waals surface area contributed by atoms with Gasteiger partial charge < -0.3 is 5.11 Å². The molecule has 0 aliphatic heterocycles. The van der Waals surface area contributed by atoms with Crippen molar-refractivity contribution in [2.24, 2.45) is 0 Å². The molecule has 78 valence electrons. The second-order valence-corrected chi connectivity index (χ2v) is 3.58. The summed E-state index contributed by atoms with van der Waals surface area (Å²) >= 11 is 0. The lowest BCUT2D eigenvalue weighted by molar-refractivity contribution is -0.115. The highest BCUT2D eigenvalue weighted by Crippen LogP contribution is 2.27. The number of hydrogen-bond donors (Lipinski definition) is 1. The van der Waals surface area contributed by atoms with E-state index in [2.05, 4.69) is 0 Å². The van der Waals surface area contributed by atoms with Gasteiger partial charge in [-0.2, -0.15) is 0 Å². The van der Waals surface area contributed by atoms with Gasteiger partial charge >= 0.3 is 0 Å². The van der Waals surface area contributed by atoms with Gasteiger partial charge in [0.05, 0.1) is 0 Å². The van der Waals surface area contributed by atoms with Crippen LogP contribution in [0.1, 0.15) is 24.5 Å². The molecule has 1 aliphatic rings. The summed E-state index contributed by atoms with van der Waals surface area (Å²) in [5, 5.41) is 9.87. The first-order valence-corrected chi connectivity index (χ1v) is 4.85. The van der Waals surface area contributed by atoms with Crippen LogP contribution in [-0.4, -0.2) is 10.9 Å². The molecule has 0 bridgehead atoms. The van der Waals surface area contributed by atoms with Crippen molar-refractivity contribution < 1.29 is 14.3 Å². The Morgan fingerprint density at radius 3 is 2.47 bits per heavy atom. The van der Waals surface area contributed by atoms with Crippen molar-refractivity contribution in [3.8, 4) is 0 Å². The molecule has 1 N–H and O–H groups in total. The second kappa shape index (κ2) is 3.95. The zero-order valence-electron chi connectivity index (χ0n) is 8.11. The van der Waals surface area contributed by atoms with E-state index in [1.54, 1.807) is 6.08 Å². The topological polar surface area (TPSA) is 37.3 Å². The van der Waals surface area contributed by atoms with Crippen molar-refractivity contribution in [2.45, 2.75) is 18.9 Å². The molecule has 0 fully saturated rings. The molecule has 2 nitrogen and oxygen atoms in total. The summed E-state index contributed by atoms with van der Waals surface area (Å²) in [4.78, 5) is 11.4. The SMILES string of the molecule is O=C1CCC=C1[C@H](O)c1ccc(F)cc1. The number of allylic oxidation sites excluding steroid dienone is 1. The third kappa shape index (κ3) is 1.97. The van der Waals surface area contributed by atoms with Crippen molar-refractivity contribution in [1.29, 1.82) is 0 Å². The summed E-state index contributed by atoms with van der Waals surface area (Å²) in [7, 11) is 0. The molecule has 0 saturated heterocycles. The van der Waals surface area contributed by atoms with Gasteiger partial charge in [-0.15, -0.1) is 0 Å². The van der Waals surface area contributed by atoms with Crippen LogP contribution >= 0.6 is 0 Å². The van der Waals surface area contributed by atoms with Gasteiger partial charge in [-0.1, -0.05) is 18.2 Å². The fraction of sp³-hybridized carbons (Fsp3) is 0.250. The summed E-state index contributed by atoms with van der Waals surface area (Å²) in [6.07, 6.45) is 1.98. The van der Waals surface area contributed by atoms with E-state index in [0.29, 0.717) is 24.0 Å². The average molecular weight is 206 g/mol. The maximum atomic E-state index is 12.6. The predicted octanol–water partition coefficient (Wildman–Crippen LogP) is 2.15. The smallest absolute Gasteiger partial charge is 0.161 e. The van der Waals surface area contributed by atoms with E-state index in [0.717, 1.165) is 0 Å². The van der Waals surface area contributed by atoms with Crippen LogP contribution in [0.2, 0.25) is 0 Å². The molecule has 0 radical (unpaired) electrons. The molecular formula is C12H11FO2. The molecule has 0 heterocycles. The van der Waals surface area contributed by atoms with E-state index in [-0.39, 0.29) is 11.6 Å². The predicted molar refractivity (Wildman–Crippen MR) is 53.7 cm³/mol. The normalized spacial score (nSPS) is 17.7. The number of Topliss-reactive ketones (excluding diaryl/α,β-unsaturated/α-hetero) is 1. The van der Waals surface area contributed by atoms with Gasteiger partial charge in [-0.25, -0.2) is 4.39 Å². The van der Waals surface area contributed by atoms with E-state index in [9.17, 15) is 14.3 Å². The second-order valence-electron chi connectivity index (χ2n) is 3.58. The molecule has 0 saturated carbocycles. The van der Waals surface area contributed by atoms with Gasteiger partial charge in [0, 0.05) is 12.0 Å². The van der Waals surface area contributed by atoms with Gasteiger partial charge in [0.25, 0.3) is 0 Å². The highest BCUT2D eigenvalue weighted by Gasteiger charge is 2.23. The number of halogens is 1. The molecule has 1 aliphatic carbocycles. The molecule has 1 atom stereocenters. The van der Waals surface area contributed by atoms with Gasteiger partial charge in [-0.05, 0) is 24.1 Å². The van der Waals surface area contributed by atoms with Crippen LogP contribution in [0, 0.1) is 5.82 Å². The summed E-state index contributed by atoms with van der Waals surface area (Å²) in [6, 6.07) is 5.54. The minimum absolute atomic E-state index is 0.0215. The Balaban J connectivity index is 2.24. The van der Waals surface area contributed by atoms with E-state index in [1.165, 1.54) is 24.3 Å². The lowest BCUT2D eigenvalue weighted by Crippen LogP contribution is -2.07. The van der Waals surface area contributed by atoms with E-state index in [1.807, 2.05) is 0 Å². The maximum absolute atomic E-state index is 12.6. The largest absolute Gasteiger partial charge is 0.384 e. The van der Waals surface area contributed by atoms with Crippen LogP contribution < -0.4 is 0 Å². The highest BCUT2D eigenvalue weighted by atomic mass is 19.1. The average Bonchev–Trinajstić information content (AvgIpc) is 2.65. The molecular weight excluding hydrogens is 195 g/mol. The standard InChI is InChI=1S/C12H11FO2/c13-9-6-4-8(5-7-9)12(15)10-2-1-3-11(10)14/h2,4-7,12,15H,1,3H2/t12-/m1/s1. The van der Waals surface area contributed by atoms with Crippen molar-refractivity contribution in [3.63, 3.8) is 0 Å². The zero-order chi connectivity index (χ0) is 10.8. The zero-order valence-corrected chi connectivity index (χ0v) is 8.11. The molecule has 0 amide bonds. The van der Waals surface area contributed by atoms with Crippen molar-refractivity contribution in [2.75, 3.05) is 0 Å². The van der Waals surface area contributed by atoms with Crippen molar-refractivity contribution >= 4 is 5.78 Å². The van der Waals surface area contributed by atoms with Crippen LogP contribution in [-0.2, 0) is 4.79 Å². The number of rotatable bonds is 2.